The van der Waals surface area contributed by atoms with Crippen molar-refractivity contribution < 1.29 is 22.3 Å². The van der Waals surface area contributed by atoms with Crippen molar-refractivity contribution in [3.8, 4) is 0 Å². The number of rotatable bonds is 10. The standard InChI is InChI=1S/C25H34FN5O4S/c1-6-12-27-24(32)35-18-9-8-17(14-18)22-16-23(30-31(22)25(3,4)5)29-21-11-10-19(15-20(21)26)36(33,34)28-13-7-2/h6-7,10-11,15-18,28H,1-2,8-9,12-14H2,3-5H3,(H,27,32)(H,29,30)/t17-,18+/m0/s1. The van der Waals surface area contributed by atoms with Gasteiger partial charge in [-0.2, -0.15) is 5.10 Å². The van der Waals surface area contributed by atoms with E-state index in [-0.39, 0.29) is 34.7 Å². The van der Waals surface area contributed by atoms with Gasteiger partial charge in [-0.05, 0) is 58.2 Å². The van der Waals surface area contributed by atoms with Crippen molar-refractivity contribution in [1.82, 2.24) is 19.8 Å². The number of amides is 1. The summed E-state index contributed by atoms with van der Waals surface area (Å²) >= 11 is 0. The predicted octanol–water partition coefficient (Wildman–Crippen LogP) is 4.53. The number of carbonyl (C=O) groups excluding carboxylic acids is 1. The molecular formula is C25H34FN5O4S. The third-order valence-electron chi connectivity index (χ3n) is 5.77. The Balaban J connectivity index is 1.79. The van der Waals surface area contributed by atoms with Gasteiger partial charge >= 0.3 is 6.09 Å². The van der Waals surface area contributed by atoms with Gasteiger partial charge in [0.2, 0.25) is 10.0 Å². The van der Waals surface area contributed by atoms with Gasteiger partial charge in [-0.15, -0.1) is 13.2 Å². The van der Waals surface area contributed by atoms with Crippen molar-refractivity contribution in [3.05, 3.63) is 61.1 Å². The molecule has 0 aliphatic heterocycles. The highest BCUT2D eigenvalue weighted by Gasteiger charge is 2.33. The lowest BCUT2D eigenvalue weighted by Crippen LogP contribution is -2.28. The van der Waals surface area contributed by atoms with Crippen molar-refractivity contribution >= 4 is 27.6 Å². The van der Waals surface area contributed by atoms with E-state index in [1.807, 2.05) is 31.5 Å². The number of anilines is 2. The van der Waals surface area contributed by atoms with Crippen LogP contribution in [0.2, 0.25) is 0 Å². The highest BCUT2D eigenvalue weighted by Crippen LogP contribution is 2.39. The van der Waals surface area contributed by atoms with E-state index in [9.17, 15) is 17.6 Å². The maximum atomic E-state index is 14.8. The van der Waals surface area contributed by atoms with Crippen LogP contribution in [0.1, 0.15) is 51.6 Å². The molecule has 2 aromatic rings. The Bertz CT molecular complexity index is 1220. The molecule has 1 heterocycles. The number of carbonyl (C=O) groups is 1. The summed E-state index contributed by atoms with van der Waals surface area (Å²) in [6, 6.07) is 5.53. The van der Waals surface area contributed by atoms with E-state index >= 15 is 0 Å². The maximum Gasteiger partial charge on any atom is 0.407 e. The Labute approximate surface area is 211 Å². The number of sulfonamides is 1. The van der Waals surface area contributed by atoms with Crippen molar-refractivity contribution in [3.63, 3.8) is 0 Å². The number of alkyl carbamates (subject to hydrolysis) is 1. The van der Waals surface area contributed by atoms with Crippen LogP contribution < -0.4 is 15.4 Å². The second kappa shape index (κ2) is 11.3. The Hall–Kier alpha value is -3.18. The van der Waals surface area contributed by atoms with E-state index in [0.717, 1.165) is 24.6 Å². The zero-order valence-corrected chi connectivity index (χ0v) is 21.7. The molecule has 0 unspecified atom stereocenters. The van der Waals surface area contributed by atoms with Gasteiger partial charge in [0.1, 0.15) is 11.9 Å². The first-order valence-corrected chi connectivity index (χ1v) is 13.3. The van der Waals surface area contributed by atoms with Crippen LogP contribution in [0, 0.1) is 5.82 Å². The molecule has 9 nitrogen and oxygen atoms in total. The van der Waals surface area contributed by atoms with Gasteiger partial charge in [0.05, 0.1) is 16.1 Å². The SMILES string of the molecule is C=CCNC(=O)O[C@@H]1CC[C@H](c2cc(Nc3ccc(S(=O)(=O)NCC=C)cc3F)nn2C(C)(C)C)C1. The second-order valence-electron chi connectivity index (χ2n) is 9.65. The van der Waals surface area contributed by atoms with Gasteiger partial charge in [-0.3, -0.25) is 4.68 Å². The van der Waals surface area contributed by atoms with Gasteiger partial charge in [0, 0.05) is 30.8 Å². The molecular weight excluding hydrogens is 485 g/mol. The highest BCUT2D eigenvalue weighted by molar-refractivity contribution is 7.89. The number of halogens is 1. The van der Waals surface area contributed by atoms with Crippen LogP contribution in [0.5, 0.6) is 0 Å². The smallest absolute Gasteiger partial charge is 0.407 e. The molecule has 2 atom stereocenters. The molecule has 0 saturated heterocycles. The summed E-state index contributed by atoms with van der Waals surface area (Å²) in [5, 5.41) is 10.3. The number of hydrogen-bond donors (Lipinski definition) is 3. The van der Waals surface area contributed by atoms with Crippen molar-refractivity contribution in [2.24, 2.45) is 0 Å². The summed E-state index contributed by atoms with van der Waals surface area (Å²) in [5.41, 5.74) is 0.716. The fraction of sp³-hybridized carbons (Fsp3) is 0.440. The average molecular weight is 520 g/mol. The van der Waals surface area contributed by atoms with E-state index in [0.29, 0.717) is 18.8 Å². The molecule has 11 heteroatoms. The molecule has 3 rings (SSSR count). The summed E-state index contributed by atoms with van der Waals surface area (Å²) in [5.74, 6) is -0.173. The summed E-state index contributed by atoms with van der Waals surface area (Å²) in [4.78, 5) is 11.7. The molecule has 0 spiro atoms. The highest BCUT2D eigenvalue weighted by atomic mass is 32.2. The van der Waals surface area contributed by atoms with E-state index < -0.39 is 21.9 Å². The number of nitrogens with one attached hydrogen (secondary N) is 3. The van der Waals surface area contributed by atoms with Gasteiger partial charge in [-0.25, -0.2) is 22.3 Å². The number of benzene rings is 1. The van der Waals surface area contributed by atoms with Crippen molar-refractivity contribution in [1.29, 1.82) is 0 Å². The molecule has 1 saturated carbocycles. The third-order valence-corrected chi connectivity index (χ3v) is 7.19. The molecule has 1 aromatic heterocycles. The first-order chi connectivity index (χ1) is 16.9. The first-order valence-electron chi connectivity index (χ1n) is 11.8. The van der Waals surface area contributed by atoms with Crippen LogP contribution in [0.3, 0.4) is 0 Å². The minimum absolute atomic E-state index is 0.0452. The number of hydrogen-bond acceptors (Lipinski definition) is 6. The zero-order chi connectivity index (χ0) is 26.5. The third kappa shape index (κ3) is 6.73. The minimum Gasteiger partial charge on any atom is -0.446 e. The van der Waals surface area contributed by atoms with E-state index in [4.69, 9.17) is 4.74 Å². The van der Waals surface area contributed by atoms with Crippen LogP contribution in [0.25, 0.3) is 0 Å². The molecule has 1 fully saturated rings. The molecule has 0 radical (unpaired) electrons. The summed E-state index contributed by atoms with van der Waals surface area (Å²) < 4.78 is 49.1. The molecule has 36 heavy (non-hydrogen) atoms. The van der Waals surface area contributed by atoms with Crippen molar-refractivity contribution in [2.75, 3.05) is 18.4 Å². The topological polar surface area (TPSA) is 114 Å². The normalized spacial score (nSPS) is 18.0. The predicted molar refractivity (Wildman–Crippen MR) is 137 cm³/mol. The lowest BCUT2D eigenvalue weighted by atomic mass is 10.0. The molecule has 3 N–H and O–H groups in total. The number of ether oxygens (including phenoxy) is 1. The van der Waals surface area contributed by atoms with Crippen LogP contribution in [-0.4, -0.2) is 43.5 Å². The Morgan fingerprint density at radius 3 is 2.58 bits per heavy atom. The monoisotopic (exact) mass is 519 g/mol. The lowest BCUT2D eigenvalue weighted by molar-refractivity contribution is 0.101. The minimum atomic E-state index is -3.84. The Morgan fingerprint density at radius 1 is 1.22 bits per heavy atom. The largest absolute Gasteiger partial charge is 0.446 e. The van der Waals surface area contributed by atoms with E-state index in [2.05, 4.69) is 33.6 Å². The van der Waals surface area contributed by atoms with E-state index in [1.165, 1.54) is 18.2 Å². The first kappa shape index (κ1) is 27.4. The number of nitrogens with zero attached hydrogens (tertiary/aromatic N) is 2. The fourth-order valence-electron chi connectivity index (χ4n) is 4.10. The zero-order valence-electron chi connectivity index (χ0n) is 20.9. The lowest BCUT2D eigenvalue weighted by Gasteiger charge is -2.24. The van der Waals surface area contributed by atoms with Gasteiger partial charge < -0.3 is 15.4 Å². The Kier molecular flexibility index (Phi) is 8.57. The molecule has 1 aliphatic rings. The average Bonchev–Trinajstić information content (AvgIpc) is 3.44. The molecule has 1 aromatic carbocycles. The van der Waals surface area contributed by atoms with Gasteiger partial charge in [-0.1, -0.05) is 12.2 Å². The van der Waals surface area contributed by atoms with Crippen LogP contribution in [0.4, 0.5) is 20.7 Å². The molecule has 1 amide bonds. The van der Waals surface area contributed by atoms with Gasteiger partial charge in [0.15, 0.2) is 5.82 Å². The molecule has 1 aliphatic carbocycles. The Morgan fingerprint density at radius 2 is 1.94 bits per heavy atom. The summed E-state index contributed by atoms with van der Waals surface area (Å²) in [6.07, 6.45) is 4.53. The summed E-state index contributed by atoms with van der Waals surface area (Å²) in [7, 11) is -3.84. The van der Waals surface area contributed by atoms with Gasteiger partial charge in [0.25, 0.3) is 0 Å². The van der Waals surface area contributed by atoms with Crippen LogP contribution in [-0.2, 0) is 20.3 Å². The maximum absolute atomic E-state index is 14.8. The van der Waals surface area contributed by atoms with Crippen molar-refractivity contribution in [2.45, 2.75) is 62.5 Å². The van der Waals surface area contributed by atoms with Crippen LogP contribution in [0.15, 0.2) is 54.5 Å². The molecule has 196 valence electrons. The fourth-order valence-corrected chi connectivity index (χ4v) is 5.11. The summed E-state index contributed by atoms with van der Waals surface area (Å²) in [6.45, 7) is 13.5. The molecule has 0 bridgehead atoms. The van der Waals surface area contributed by atoms with E-state index in [1.54, 1.807) is 6.08 Å². The quantitative estimate of drug-likeness (QED) is 0.397. The second-order valence-corrected chi connectivity index (χ2v) is 11.4. The van der Waals surface area contributed by atoms with Crippen LogP contribution >= 0.6 is 0 Å². The number of aromatic nitrogens is 2.